The Labute approximate surface area is 145 Å². The van der Waals surface area contributed by atoms with E-state index in [1.807, 2.05) is 23.2 Å². The molecule has 2 heteroatoms. The fraction of sp³-hybridized carbons (Fsp3) is 0.273. The van der Waals surface area contributed by atoms with Crippen LogP contribution in [0, 0.1) is 0 Å². The summed E-state index contributed by atoms with van der Waals surface area (Å²) >= 11 is 0. The zero-order valence-corrected chi connectivity index (χ0v) is 14.8. The van der Waals surface area contributed by atoms with E-state index >= 15 is 0 Å². The number of benzene rings is 1. The van der Waals surface area contributed by atoms with Crippen molar-refractivity contribution in [1.82, 2.24) is 0 Å². The summed E-state index contributed by atoms with van der Waals surface area (Å²) in [4.78, 5) is 0. The molecule has 2 aromatic heterocycles. The molecule has 0 saturated heterocycles. The largest absolute Gasteiger partial charge is 0.208 e. The topological polar surface area (TPSA) is 7.76 Å². The second-order valence-corrected chi connectivity index (χ2v) is 6.64. The molecule has 0 N–H and O–H groups in total. The number of rotatable bonds is 1. The maximum Gasteiger partial charge on any atom is 0.169 e. The lowest BCUT2D eigenvalue weighted by Gasteiger charge is -2.01. The zero-order valence-electron chi connectivity index (χ0n) is 14.8. The van der Waals surface area contributed by atoms with Crippen LogP contribution in [0.5, 0.6) is 0 Å². The molecular weight excluding hydrogens is 292 g/mol. The molecule has 1 aliphatic carbocycles. The minimum Gasteiger partial charge on any atom is -0.208 e. The van der Waals surface area contributed by atoms with Crippen molar-refractivity contribution < 1.29 is 9.13 Å². The van der Waals surface area contributed by atoms with Crippen molar-refractivity contribution in [1.29, 1.82) is 0 Å². The normalized spacial score (nSPS) is 15.4. The molecule has 0 radical (unpaired) electrons. The van der Waals surface area contributed by atoms with Crippen LogP contribution >= 0.6 is 0 Å². The SMILES string of the molecule is CC1CCc2ccccc21.C[n+]1ccc(-c2cc[n+](C)cc2)cc1. The molecule has 1 aromatic carbocycles. The van der Waals surface area contributed by atoms with Gasteiger partial charge in [0.05, 0.1) is 0 Å². The van der Waals surface area contributed by atoms with Crippen LogP contribution in [0.3, 0.4) is 0 Å². The Morgan fingerprint density at radius 1 is 0.750 bits per heavy atom. The summed E-state index contributed by atoms with van der Waals surface area (Å²) in [6.07, 6.45) is 10.9. The fourth-order valence-electron chi connectivity index (χ4n) is 3.16. The third-order valence-corrected chi connectivity index (χ3v) is 4.72. The van der Waals surface area contributed by atoms with E-state index in [1.54, 1.807) is 11.1 Å². The van der Waals surface area contributed by atoms with Gasteiger partial charge in [0.25, 0.3) is 0 Å². The number of fused-ring (bicyclic) bond motifs is 1. The molecule has 4 rings (SSSR count). The van der Waals surface area contributed by atoms with E-state index in [-0.39, 0.29) is 0 Å². The number of hydrogen-bond acceptors (Lipinski definition) is 0. The average Bonchev–Trinajstić information content (AvgIpc) is 2.99. The summed E-state index contributed by atoms with van der Waals surface area (Å²) in [5.41, 5.74) is 5.64. The van der Waals surface area contributed by atoms with Crippen molar-refractivity contribution >= 4 is 0 Å². The molecule has 0 bridgehead atoms. The first-order valence-electron chi connectivity index (χ1n) is 8.62. The van der Waals surface area contributed by atoms with Crippen LogP contribution < -0.4 is 9.13 Å². The minimum atomic E-state index is 0.802. The first-order chi connectivity index (χ1) is 11.6. The first-order valence-corrected chi connectivity index (χ1v) is 8.62. The third-order valence-electron chi connectivity index (χ3n) is 4.72. The van der Waals surface area contributed by atoms with Gasteiger partial charge in [-0.05, 0) is 41.0 Å². The van der Waals surface area contributed by atoms with E-state index in [9.17, 15) is 0 Å². The van der Waals surface area contributed by atoms with E-state index in [4.69, 9.17) is 0 Å². The van der Waals surface area contributed by atoms with Gasteiger partial charge in [0.1, 0.15) is 14.1 Å². The van der Waals surface area contributed by atoms with Crippen LogP contribution in [0.4, 0.5) is 0 Å². The Bertz CT molecular complexity index is 745. The number of nitrogens with zero attached hydrogens (tertiary/aromatic N) is 2. The monoisotopic (exact) mass is 318 g/mol. The van der Waals surface area contributed by atoms with E-state index in [0.29, 0.717) is 0 Å². The van der Waals surface area contributed by atoms with Gasteiger partial charge in [0, 0.05) is 24.3 Å². The van der Waals surface area contributed by atoms with Crippen molar-refractivity contribution in [2.24, 2.45) is 14.1 Å². The highest BCUT2D eigenvalue weighted by Crippen LogP contribution is 2.31. The predicted molar refractivity (Wildman–Crippen MR) is 97.4 cm³/mol. The van der Waals surface area contributed by atoms with Crippen LogP contribution in [0.1, 0.15) is 30.4 Å². The smallest absolute Gasteiger partial charge is 0.169 e. The predicted octanol–water partition coefficient (Wildman–Crippen LogP) is 3.74. The lowest BCUT2D eigenvalue weighted by molar-refractivity contribution is -0.671. The molecule has 0 fully saturated rings. The van der Waals surface area contributed by atoms with Crippen molar-refractivity contribution in [3.05, 3.63) is 84.4 Å². The van der Waals surface area contributed by atoms with E-state index < -0.39 is 0 Å². The molecule has 3 aromatic rings. The van der Waals surface area contributed by atoms with Gasteiger partial charge >= 0.3 is 0 Å². The number of pyridine rings is 2. The molecule has 1 unspecified atom stereocenters. The summed E-state index contributed by atoms with van der Waals surface area (Å²) in [6.45, 7) is 2.31. The zero-order chi connectivity index (χ0) is 16.9. The van der Waals surface area contributed by atoms with E-state index in [2.05, 4.69) is 80.2 Å². The Morgan fingerprint density at radius 2 is 1.25 bits per heavy atom. The average molecular weight is 318 g/mol. The van der Waals surface area contributed by atoms with Crippen LogP contribution in [0.2, 0.25) is 0 Å². The molecule has 0 saturated carbocycles. The van der Waals surface area contributed by atoms with Gasteiger partial charge in [-0.2, -0.15) is 0 Å². The minimum absolute atomic E-state index is 0.802. The highest BCUT2D eigenvalue weighted by molar-refractivity contribution is 5.60. The lowest BCUT2D eigenvalue weighted by Crippen LogP contribution is -2.26. The van der Waals surface area contributed by atoms with Crippen molar-refractivity contribution in [3.63, 3.8) is 0 Å². The molecule has 2 heterocycles. The van der Waals surface area contributed by atoms with Gasteiger partial charge in [-0.3, -0.25) is 0 Å². The van der Waals surface area contributed by atoms with Gasteiger partial charge in [0.15, 0.2) is 24.8 Å². The van der Waals surface area contributed by atoms with Gasteiger partial charge < -0.3 is 0 Å². The molecular formula is C22H26N2+2. The van der Waals surface area contributed by atoms with Crippen molar-refractivity contribution in [2.75, 3.05) is 0 Å². The molecule has 0 spiro atoms. The fourth-order valence-corrected chi connectivity index (χ4v) is 3.16. The summed E-state index contributed by atoms with van der Waals surface area (Å²) in [5.74, 6) is 0.802. The van der Waals surface area contributed by atoms with E-state index in [0.717, 1.165) is 5.92 Å². The highest BCUT2D eigenvalue weighted by Gasteiger charge is 2.16. The number of hydrogen-bond donors (Lipinski definition) is 0. The Balaban J connectivity index is 0.000000149. The van der Waals surface area contributed by atoms with Crippen molar-refractivity contribution in [3.8, 4) is 11.1 Å². The molecule has 2 nitrogen and oxygen atoms in total. The molecule has 0 amide bonds. The van der Waals surface area contributed by atoms with Crippen LogP contribution in [-0.4, -0.2) is 0 Å². The first kappa shape index (κ1) is 16.4. The standard InChI is InChI=1S/C12H14N2.C10H12/c1-13-7-3-11(4-8-13)12-5-9-14(2)10-6-12;1-8-6-7-9-4-2-3-5-10(8)9/h3-10H,1-2H3;2-5,8H,6-7H2,1H3/q+2;. The molecule has 0 aliphatic heterocycles. The van der Waals surface area contributed by atoms with Crippen LogP contribution in [0.25, 0.3) is 11.1 Å². The Morgan fingerprint density at radius 3 is 1.75 bits per heavy atom. The van der Waals surface area contributed by atoms with Crippen LogP contribution in [0.15, 0.2) is 73.3 Å². The summed E-state index contributed by atoms with van der Waals surface area (Å²) < 4.78 is 4.07. The van der Waals surface area contributed by atoms with Gasteiger partial charge in [-0.25, -0.2) is 9.13 Å². The third kappa shape index (κ3) is 3.88. The number of aryl methyl sites for hydroxylation is 3. The van der Waals surface area contributed by atoms with E-state index in [1.165, 1.54) is 24.0 Å². The van der Waals surface area contributed by atoms with Crippen molar-refractivity contribution in [2.45, 2.75) is 25.7 Å². The number of aromatic nitrogens is 2. The van der Waals surface area contributed by atoms with Gasteiger partial charge in [0.2, 0.25) is 0 Å². The second-order valence-electron chi connectivity index (χ2n) is 6.64. The molecule has 1 atom stereocenters. The lowest BCUT2D eigenvalue weighted by atomic mass is 10.0. The van der Waals surface area contributed by atoms with Gasteiger partial charge in [-0.1, -0.05) is 31.2 Å². The second kappa shape index (κ2) is 7.39. The molecule has 122 valence electrons. The highest BCUT2D eigenvalue weighted by atomic mass is 14.9. The van der Waals surface area contributed by atoms with Gasteiger partial charge in [-0.15, -0.1) is 0 Å². The summed E-state index contributed by atoms with van der Waals surface area (Å²) in [7, 11) is 4.05. The van der Waals surface area contributed by atoms with Crippen LogP contribution in [-0.2, 0) is 20.5 Å². The summed E-state index contributed by atoms with van der Waals surface area (Å²) in [5, 5.41) is 0. The molecule has 1 aliphatic rings. The quantitative estimate of drug-likeness (QED) is 0.604. The maximum atomic E-state index is 2.31. The Kier molecular flexibility index (Phi) is 5.05. The maximum absolute atomic E-state index is 2.31. The Hall–Kier alpha value is -2.48. The summed E-state index contributed by atoms with van der Waals surface area (Å²) in [6, 6.07) is 17.3. The molecule has 24 heavy (non-hydrogen) atoms.